The molecule has 1 heterocycles. The number of halogens is 1. The first-order chi connectivity index (χ1) is 19.2. The van der Waals surface area contributed by atoms with Crippen LogP contribution < -0.4 is 31.7 Å². The van der Waals surface area contributed by atoms with E-state index in [1.165, 1.54) is 20.4 Å². The molecule has 3 aromatic carbocycles. The van der Waals surface area contributed by atoms with Gasteiger partial charge in [0.1, 0.15) is 10.8 Å². The molecule has 0 aliphatic rings. The van der Waals surface area contributed by atoms with E-state index in [4.69, 9.17) is 22.1 Å². The van der Waals surface area contributed by atoms with Crippen LogP contribution in [0.15, 0.2) is 66.9 Å². The number of rotatable bonds is 9. The standard InChI is InChI=1S/C28H26ClN7O4/c1-31-26(38)16-10-8-15(9-11-16)18-13-23(40-3)22(12-19(18)27(39)32-2)35-28-33-14-20(29)25(36-28)34-21-7-5-4-6-17(21)24(30)37/h4-14H,1-3H3,(H2,30,37)(H,31,38)(H,32,39)(H2,33,34,35,36). The topological polar surface area (TPSA) is 160 Å². The highest BCUT2D eigenvalue weighted by Crippen LogP contribution is 2.36. The molecule has 6 N–H and O–H groups in total. The number of nitrogens with two attached hydrogens (primary N) is 1. The maximum atomic E-state index is 12.9. The molecule has 4 rings (SSSR count). The second-order valence-electron chi connectivity index (χ2n) is 8.38. The minimum absolute atomic E-state index is 0.146. The van der Waals surface area contributed by atoms with E-state index in [0.717, 1.165) is 0 Å². The number of carbonyl (C=O) groups is 3. The van der Waals surface area contributed by atoms with Gasteiger partial charge in [-0.1, -0.05) is 35.9 Å². The van der Waals surface area contributed by atoms with Crippen molar-refractivity contribution in [1.82, 2.24) is 20.6 Å². The fraction of sp³-hybridized carbons (Fsp3) is 0.107. The molecule has 40 heavy (non-hydrogen) atoms. The quantitative estimate of drug-likeness (QED) is 0.205. The molecule has 1 aromatic heterocycles. The summed E-state index contributed by atoms with van der Waals surface area (Å²) in [4.78, 5) is 45.3. The molecule has 11 nitrogen and oxygen atoms in total. The molecule has 12 heteroatoms. The monoisotopic (exact) mass is 559 g/mol. The number of hydrogen-bond donors (Lipinski definition) is 5. The van der Waals surface area contributed by atoms with Gasteiger partial charge in [-0.3, -0.25) is 14.4 Å². The summed E-state index contributed by atoms with van der Waals surface area (Å²) in [6.45, 7) is 0. The lowest BCUT2D eigenvalue weighted by Crippen LogP contribution is -2.19. The van der Waals surface area contributed by atoms with Crippen molar-refractivity contribution in [3.63, 3.8) is 0 Å². The fourth-order valence-electron chi connectivity index (χ4n) is 3.92. The van der Waals surface area contributed by atoms with Crippen LogP contribution in [0.5, 0.6) is 5.75 Å². The maximum Gasteiger partial charge on any atom is 0.251 e. The van der Waals surface area contributed by atoms with E-state index in [-0.39, 0.29) is 34.2 Å². The second-order valence-corrected chi connectivity index (χ2v) is 8.79. The molecule has 0 saturated heterocycles. The minimum Gasteiger partial charge on any atom is -0.495 e. The Morgan fingerprint density at radius 1 is 0.875 bits per heavy atom. The van der Waals surface area contributed by atoms with Crippen LogP contribution in [0.4, 0.5) is 23.1 Å². The number of nitrogens with one attached hydrogen (secondary N) is 4. The lowest BCUT2D eigenvalue weighted by Gasteiger charge is -2.17. The Bertz CT molecular complexity index is 1590. The maximum absolute atomic E-state index is 12.9. The summed E-state index contributed by atoms with van der Waals surface area (Å²) in [7, 11) is 4.58. The highest BCUT2D eigenvalue weighted by atomic mass is 35.5. The molecular weight excluding hydrogens is 534 g/mol. The predicted octanol–water partition coefficient (Wildman–Crippen LogP) is 4.11. The van der Waals surface area contributed by atoms with Gasteiger partial charge in [0.15, 0.2) is 5.82 Å². The Kier molecular flexibility index (Phi) is 8.45. The van der Waals surface area contributed by atoms with E-state index in [0.29, 0.717) is 39.4 Å². The first-order valence-corrected chi connectivity index (χ1v) is 12.4. The number of para-hydroxylation sites is 1. The normalized spacial score (nSPS) is 10.4. The third-order valence-corrected chi connectivity index (χ3v) is 6.21. The van der Waals surface area contributed by atoms with Crippen LogP contribution in [-0.4, -0.2) is 48.9 Å². The predicted molar refractivity (Wildman–Crippen MR) is 154 cm³/mol. The summed E-state index contributed by atoms with van der Waals surface area (Å²) in [5, 5.41) is 11.5. The van der Waals surface area contributed by atoms with E-state index >= 15 is 0 Å². The first-order valence-electron chi connectivity index (χ1n) is 12.0. The van der Waals surface area contributed by atoms with Gasteiger partial charge >= 0.3 is 0 Å². The summed E-state index contributed by atoms with van der Waals surface area (Å²) in [5.41, 5.74) is 8.72. The summed E-state index contributed by atoms with van der Waals surface area (Å²) in [6, 6.07) is 16.9. The third-order valence-electron chi connectivity index (χ3n) is 5.93. The number of methoxy groups -OCH3 is 1. The Morgan fingerprint density at radius 3 is 2.23 bits per heavy atom. The Labute approximate surface area is 235 Å². The molecule has 4 aromatic rings. The highest BCUT2D eigenvalue weighted by molar-refractivity contribution is 6.33. The summed E-state index contributed by atoms with van der Waals surface area (Å²) in [5.74, 6) is -0.381. The molecule has 204 valence electrons. The molecule has 0 atom stereocenters. The van der Waals surface area contributed by atoms with E-state index in [9.17, 15) is 14.4 Å². The molecule has 0 radical (unpaired) electrons. The molecule has 0 unspecified atom stereocenters. The van der Waals surface area contributed by atoms with Crippen molar-refractivity contribution in [2.45, 2.75) is 0 Å². The van der Waals surface area contributed by atoms with Crippen LogP contribution in [-0.2, 0) is 0 Å². The molecule has 3 amide bonds. The molecule has 0 aliphatic heterocycles. The Morgan fingerprint density at radius 2 is 1.57 bits per heavy atom. The van der Waals surface area contributed by atoms with Crippen molar-refractivity contribution in [2.75, 3.05) is 31.8 Å². The number of nitrogens with zero attached hydrogens (tertiary/aromatic N) is 2. The van der Waals surface area contributed by atoms with Crippen molar-refractivity contribution >= 4 is 52.5 Å². The smallest absolute Gasteiger partial charge is 0.251 e. The van der Waals surface area contributed by atoms with Crippen LogP contribution in [0.1, 0.15) is 31.1 Å². The van der Waals surface area contributed by atoms with Gasteiger partial charge in [-0.25, -0.2) is 4.98 Å². The average molecular weight is 560 g/mol. The molecule has 0 spiro atoms. The zero-order valence-corrected chi connectivity index (χ0v) is 22.6. The van der Waals surface area contributed by atoms with E-state index < -0.39 is 5.91 Å². The number of benzene rings is 3. The number of aromatic nitrogens is 2. The van der Waals surface area contributed by atoms with E-state index in [1.807, 2.05) is 0 Å². The van der Waals surface area contributed by atoms with Crippen molar-refractivity contribution < 1.29 is 19.1 Å². The van der Waals surface area contributed by atoms with E-state index in [1.54, 1.807) is 67.7 Å². The van der Waals surface area contributed by atoms with Crippen molar-refractivity contribution in [2.24, 2.45) is 5.73 Å². The van der Waals surface area contributed by atoms with Gasteiger partial charge in [0, 0.05) is 25.2 Å². The van der Waals surface area contributed by atoms with Crippen LogP contribution in [0, 0.1) is 0 Å². The molecular formula is C28H26ClN7O4. The number of hydrogen-bond acceptors (Lipinski definition) is 8. The summed E-state index contributed by atoms with van der Waals surface area (Å²) in [6.07, 6.45) is 1.39. The molecule has 0 fully saturated rings. The number of amides is 3. The van der Waals surface area contributed by atoms with Crippen LogP contribution in [0.2, 0.25) is 5.02 Å². The van der Waals surface area contributed by atoms with Gasteiger partial charge in [0.25, 0.3) is 17.7 Å². The summed E-state index contributed by atoms with van der Waals surface area (Å²) >= 11 is 6.32. The van der Waals surface area contributed by atoms with Crippen LogP contribution in [0.3, 0.4) is 0 Å². The van der Waals surface area contributed by atoms with Gasteiger partial charge in [-0.05, 0) is 47.5 Å². The number of primary amides is 1. The van der Waals surface area contributed by atoms with Crippen LogP contribution >= 0.6 is 11.6 Å². The lowest BCUT2D eigenvalue weighted by atomic mass is 9.96. The average Bonchev–Trinajstić information content (AvgIpc) is 2.98. The minimum atomic E-state index is -0.610. The van der Waals surface area contributed by atoms with Crippen LogP contribution in [0.25, 0.3) is 11.1 Å². The Hall–Kier alpha value is -5.16. The van der Waals surface area contributed by atoms with Crippen molar-refractivity contribution in [3.05, 3.63) is 88.6 Å². The van der Waals surface area contributed by atoms with Gasteiger partial charge in [-0.15, -0.1) is 0 Å². The summed E-state index contributed by atoms with van der Waals surface area (Å²) < 4.78 is 5.61. The second kappa shape index (κ2) is 12.1. The Balaban J connectivity index is 1.72. The molecule has 0 aliphatic carbocycles. The molecule has 0 bridgehead atoms. The number of ether oxygens (including phenoxy) is 1. The lowest BCUT2D eigenvalue weighted by molar-refractivity contribution is 0.0955. The zero-order valence-electron chi connectivity index (χ0n) is 21.8. The SMILES string of the molecule is CNC(=O)c1ccc(-c2cc(OC)c(Nc3ncc(Cl)c(Nc4ccccc4C(N)=O)n3)cc2C(=O)NC)cc1. The number of anilines is 4. The van der Waals surface area contributed by atoms with Gasteiger partial charge in [0.2, 0.25) is 5.95 Å². The molecule has 0 saturated carbocycles. The van der Waals surface area contributed by atoms with Crippen molar-refractivity contribution in [3.8, 4) is 16.9 Å². The van der Waals surface area contributed by atoms with Gasteiger partial charge in [0.05, 0.1) is 30.2 Å². The van der Waals surface area contributed by atoms with E-state index in [2.05, 4.69) is 31.2 Å². The van der Waals surface area contributed by atoms with Gasteiger partial charge < -0.3 is 31.7 Å². The third kappa shape index (κ3) is 5.94. The van der Waals surface area contributed by atoms with Crippen molar-refractivity contribution in [1.29, 1.82) is 0 Å². The first kappa shape index (κ1) is 27.9. The highest BCUT2D eigenvalue weighted by Gasteiger charge is 2.19. The fourth-order valence-corrected chi connectivity index (χ4v) is 4.06. The largest absolute Gasteiger partial charge is 0.495 e. The zero-order chi connectivity index (χ0) is 28.8. The number of carbonyl (C=O) groups excluding carboxylic acids is 3. The van der Waals surface area contributed by atoms with Gasteiger partial charge in [-0.2, -0.15) is 4.98 Å².